The first-order valence-electron chi connectivity index (χ1n) is 4.47. The van der Waals surface area contributed by atoms with Crippen molar-refractivity contribution in [2.45, 2.75) is 28.3 Å². The highest BCUT2D eigenvalue weighted by atomic mass is 127. The van der Waals surface area contributed by atoms with E-state index in [4.69, 9.17) is 14.2 Å². The minimum Gasteiger partial charge on any atom is -0.361 e. The third-order valence-electron chi connectivity index (χ3n) is 2.92. The van der Waals surface area contributed by atoms with E-state index in [0.717, 1.165) is 0 Å². The lowest BCUT2D eigenvalue weighted by atomic mass is 9.93. The first kappa shape index (κ1) is 8.64. The van der Waals surface area contributed by atoms with Crippen molar-refractivity contribution >= 4 is 22.6 Å². The Bertz CT molecular complexity index is 272. The maximum Gasteiger partial charge on any atom is 0.202 e. The van der Waals surface area contributed by atoms with Crippen LogP contribution < -0.4 is 0 Å². The number of hydrogen-bond acceptors (Lipinski definition) is 3. The van der Waals surface area contributed by atoms with Gasteiger partial charge in [-0.1, -0.05) is 22.6 Å². The summed E-state index contributed by atoms with van der Waals surface area (Å²) in [7, 11) is 0. The number of alkyl halides is 1. The fourth-order valence-corrected chi connectivity index (χ4v) is 3.44. The molecule has 4 heteroatoms. The van der Waals surface area contributed by atoms with Crippen LogP contribution in [0.25, 0.3) is 0 Å². The molecule has 2 aliphatic heterocycles. The molecule has 3 unspecified atom stereocenters. The average Bonchev–Trinajstić information content (AvgIpc) is 2.62. The van der Waals surface area contributed by atoms with Crippen molar-refractivity contribution in [2.24, 2.45) is 0 Å². The summed E-state index contributed by atoms with van der Waals surface area (Å²) >= 11 is 2.36. The van der Waals surface area contributed by atoms with E-state index in [1.807, 2.05) is 6.08 Å². The Morgan fingerprint density at radius 3 is 2.69 bits per heavy atom. The van der Waals surface area contributed by atoms with Gasteiger partial charge >= 0.3 is 0 Å². The van der Waals surface area contributed by atoms with E-state index in [2.05, 4.69) is 35.6 Å². The Labute approximate surface area is 90.6 Å². The zero-order chi connectivity index (χ0) is 9.10. The van der Waals surface area contributed by atoms with Gasteiger partial charge in [0.25, 0.3) is 0 Å². The molecule has 2 heterocycles. The third kappa shape index (κ3) is 1.06. The molecule has 3 atom stereocenters. The summed E-state index contributed by atoms with van der Waals surface area (Å²) in [6, 6.07) is 0. The SMILES string of the molecule is CC12C=CC3(OCCO3)C(I)C1O2. The Kier molecular flexibility index (Phi) is 1.65. The molecule has 1 aliphatic carbocycles. The van der Waals surface area contributed by atoms with Crippen molar-refractivity contribution < 1.29 is 14.2 Å². The van der Waals surface area contributed by atoms with Crippen LogP contribution in [0.2, 0.25) is 0 Å². The van der Waals surface area contributed by atoms with Crippen LogP contribution in [0.3, 0.4) is 0 Å². The first-order valence-corrected chi connectivity index (χ1v) is 5.71. The normalized spacial score (nSPS) is 50.9. The van der Waals surface area contributed by atoms with Crippen molar-refractivity contribution in [1.82, 2.24) is 0 Å². The van der Waals surface area contributed by atoms with Crippen LogP contribution in [0.15, 0.2) is 12.2 Å². The fraction of sp³-hybridized carbons (Fsp3) is 0.778. The number of epoxide rings is 1. The molecule has 1 spiro atoms. The summed E-state index contributed by atoms with van der Waals surface area (Å²) in [6.07, 6.45) is 4.34. The van der Waals surface area contributed by atoms with Crippen molar-refractivity contribution in [3.05, 3.63) is 12.2 Å². The second kappa shape index (κ2) is 2.48. The average molecular weight is 294 g/mol. The molecule has 0 saturated carbocycles. The second-order valence-corrected chi connectivity index (χ2v) is 5.22. The van der Waals surface area contributed by atoms with Crippen LogP contribution >= 0.6 is 22.6 Å². The van der Waals surface area contributed by atoms with Crippen molar-refractivity contribution in [3.8, 4) is 0 Å². The highest BCUT2D eigenvalue weighted by molar-refractivity contribution is 14.1. The van der Waals surface area contributed by atoms with E-state index in [1.165, 1.54) is 0 Å². The maximum absolute atomic E-state index is 5.64. The number of rotatable bonds is 0. The van der Waals surface area contributed by atoms with E-state index in [9.17, 15) is 0 Å². The number of ether oxygens (including phenoxy) is 3. The van der Waals surface area contributed by atoms with Gasteiger partial charge < -0.3 is 14.2 Å². The van der Waals surface area contributed by atoms with Crippen LogP contribution in [0.5, 0.6) is 0 Å². The lowest BCUT2D eigenvalue weighted by Gasteiger charge is -2.31. The first-order chi connectivity index (χ1) is 6.16. The van der Waals surface area contributed by atoms with Gasteiger partial charge in [0, 0.05) is 0 Å². The van der Waals surface area contributed by atoms with Gasteiger partial charge in [-0.05, 0) is 19.1 Å². The standard InChI is InChI=1S/C9H11IO3/c1-8-2-3-9(11-4-5-12-9)6(10)7(8)13-8/h2-3,6-7H,4-5H2,1H3. The fourth-order valence-electron chi connectivity index (χ4n) is 2.01. The summed E-state index contributed by atoms with van der Waals surface area (Å²) in [5.74, 6) is -0.499. The van der Waals surface area contributed by atoms with Gasteiger partial charge in [-0.15, -0.1) is 0 Å². The van der Waals surface area contributed by atoms with Crippen LogP contribution in [0.1, 0.15) is 6.92 Å². The summed E-state index contributed by atoms with van der Waals surface area (Å²) < 4.78 is 17.2. The van der Waals surface area contributed by atoms with Gasteiger partial charge in [-0.25, -0.2) is 0 Å². The minimum absolute atomic E-state index is 0.0492. The molecule has 72 valence electrons. The second-order valence-electron chi connectivity index (χ2n) is 3.88. The predicted molar refractivity (Wildman–Crippen MR) is 54.9 cm³/mol. The van der Waals surface area contributed by atoms with Crippen molar-refractivity contribution in [2.75, 3.05) is 13.2 Å². The van der Waals surface area contributed by atoms with Gasteiger partial charge in [0.1, 0.15) is 11.7 Å². The van der Waals surface area contributed by atoms with E-state index in [0.29, 0.717) is 13.2 Å². The third-order valence-corrected chi connectivity index (χ3v) is 4.45. The molecule has 2 fully saturated rings. The van der Waals surface area contributed by atoms with E-state index in [1.54, 1.807) is 0 Å². The quantitative estimate of drug-likeness (QED) is 0.292. The molecule has 2 saturated heterocycles. The van der Waals surface area contributed by atoms with Crippen LogP contribution in [0, 0.1) is 0 Å². The molecule has 0 bridgehead atoms. The molecule has 0 aromatic rings. The van der Waals surface area contributed by atoms with Gasteiger partial charge in [-0.2, -0.15) is 0 Å². The Morgan fingerprint density at radius 2 is 2.00 bits per heavy atom. The number of halogens is 1. The molecule has 0 N–H and O–H groups in total. The van der Waals surface area contributed by atoms with Gasteiger partial charge in [0.2, 0.25) is 5.79 Å². The number of hydrogen-bond donors (Lipinski definition) is 0. The monoisotopic (exact) mass is 294 g/mol. The van der Waals surface area contributed by atoms with Gasteiger partial charge in [0.15, 0.2) is 0 Å². The Hall–Kier alpha value is 0.350. The van der Waals surface area contributed by atoms with Crippen LogP contribution in [0.4, 0.5) is 0 Å². The van der Waals surface area contributed by atoms with Gasteiger partial charge in [-0.3, -0.25) is 0 Å². The summed E-state index contributed by atoms with van der Waals surface area (Å²) in [4.78, 5) is 0. The lowest BCUT2D eigenvalue weighted by Crippen LogP contribution is -2.45. The molecule has 3 nitrogen and oxygen atoms in total. The number of fused-ring (bicyclic) bond motifs is 1. The Balaban J connectivity index is 1.95. The highest BCUT2D eigenvalue weighted by Crippen LogP contribution is 2.51. The Morgan fingerprint density at radius 1 is 1.31 bits per heavy atom. The smallest absolute Gasteiger partial charge is 0.202 e. The molecule has 0 aromatic heterocycles. The largest absolute Gasteiger partial charge is 0.361 e. The molecule has 3 aliphatic rings. The molecule has 0 radical (unpaired) electrons. The highest BCUT2D eigenvalue weighted by Gasteiger charge is 2.64. The molecular weight excluding hydrogens is 283 g/mol. The van der Waals surface area contributed by atoms with Crippen molar-refractivity contribution in [3.63, 3.8) is 0 Å². The van der Waals surface area contributed by atoms with Crippen LogP contribution in [-0.2, 0) is 14.2 Å². The maximum atomic E-state index is 5.64. The lowest BCUT2D eigenvalue weighted by molar-refractivity contribution is -0.116. The van der Waals surface area contributed by atoms with E-state index in [-0.39, 0.29) is 15.6 Å². The van der Waals surface area contributed by atoms with Gasteiger partial charge in [0.05, 0.1) is 17.1 Å². The molecule has 3 rings (SSSR count). The molecule has 0 aromatic carbocycles. The predicted octanol–water partition coefficient (Wildman–Crippen LogP) is 1.26. The molecule has 0 amide bonds. The topological polar surface area (TPSA) is 31.0 Å². The zero-order valence-electron chi connectivity index (χ0n) is 7.33. The minimum atomic E-state index is -0.499. The summed E-state index contributed by atoms with van der Waals surface area (Å²) in [5.41, 5.74) is -0.0492. The van der Waals surface area contributed by atoms with Crippen molar-refractivity contribution in [1.29, 1.82) is 0 Å². The van der Waals surface area contributed by atoms with Crippen LogP contribution in [-0.4, -0.2) is 34.6 Å². The summed E-state index contributed by atoms with van der Waals surface area (Å²) in [6.45, 7) is 3.47. The molecule has 13 heavy (non-hydrogen) atoms. The van der Waals surface area contributed by atoms with E-state index >= 15 is 0 Å². The van der Waals surface area contributed by atoms with E-state index < -0.39 is 5.79 Å². The zero-order valence-corrected chi connectivity index (χ0v) is 9.48. The summed E-state index contributed by atoms with van der Waals surface area (Å²) in [5, 5.41) is 0. The molecular formula is C9H11IO3.